The van der Waals surface area contributed by atoms with E-state index in [2.05, 4.69) is 0 Å². The van der Waals surface area contributed by atoms with Crippen molar-refractivity contribution >= 4 is 11.0 Å². The van der Waals surface area contributed by atoms with Crippen LogP contribution in [0.25, 0.3) is 11.0 Å². The van der Waals surface area contributed by atoms with E-state index in [4.69, 9.17) is 10.2 Å². The maximum atomic E-state index is 14.0. The van der Waals surface area contributed by atoms with Crippen molar-refractivity contribution in [2.45, 2.75) is 31.2 Å². The molecule has 1 aromatic heterocycles. The number of hydrogen-bond donors (Lipinski definition) is 1. The molecule has 0 unspecified atom stereocenters. The van der Waals surface area contributed by atoms with E-state index in [0.717, 1.165) is 18.9 Å². The van der Waals surface area contributed by atoms with Gasteiger partial charge in [-0.15, -0.1) is 0 Å². The molecular weight excluding hydrogens is 224 g/mol. The van der Waals surface area contributed by atoms with Gasteiger partial charge in [0.15, 0.2) is 0 Å². The number of furan rings is 1. The summed E-state index contributed by atoms with van der Waals surface area (Å²) in [7, 11) is 0. The average Bonchev–Trinajstić information content (AvgIpc) is 2.87. The predicted molar refractivity (Wildman–Crippen MR) is 60.5 cm³/mol. The molecule has 0 spiro atoms. The van der Waals surface area contributed by atoms with Crippen molar-refractivity contribution in [2.24, 2.45) is 5.73 Å². The van der Waals surface area contributed by atoms with Crippen LogP contribution in [0.1, 0.15) is 31.2 Å². The number of benzene rings is 1. The molecule has 0 amide bonds. The topological polar surface area (TPSA) is 39.2 Å². The van der Waals surface area contributed by atoms with Crippen LogP contribution in [-0.2, 0) is 5.54 Å². The van der Waals surface area contributed by atoms with Gasteiger partial charge in [-0.3, -0.25) is 0 Å². The summed E-state index contributed by atoms with van der Waals surface area (Å²) in [6.07, 6.45) is 4.73. The molecule has 90 valence electrons. The Labute approximate surface area is 97.4 Å². The van der Waals surface area contributed by atoms with Gasteiger partial charge in [0.05, 0.1) is 17.2 Å². The van der Waals surface area contributed by atoms with Gasteiger partial charge >= 0.3 is 0 Å². The maximum absolute atomic E-state index is 14.0. The molecule has 0 aliphatic heterocycles. The Morgan fingerprint density at radius 2 is 1.88 bits per heavy atom. The molecule has 1 saturated carbocycles. The molecule has 0 saturated heterocycles. The van der Waals surface area contributed by atoms with Crippen LogP contribution in [0, 0.1) is 11.6 Å². The maximum Gasteiger partial charge on any atom is 0.144 e. The second kappa shape index (κ2) is 3.53. The number of rotatable bonds is 1. The van der Waals surface area contributed by atoms with Crippen molar-refractivity contribution < 1.29 is 13.2 Å². The summed E-state index contributed by atoms with van der Waals surface area (Å²) in [4.78, 5) is 0. The first-order valence-electron chi connectivity index (χ1n) is 5.76. The van der Waals surface area contributed by atoms with Crippen molar-refractivity contribution in [1.29, 1.82) is 0 Å². The van der Waals surface area contributed by atoms with Crippen LogP contribution in [0.3, 0.4) is 0 Å². The highest BCUT2D eigenvalue weighted by Crippen LogP contribution is 2.41. The molecule has 2 nitrogen and oxygen atoms in total. The van der Waals surface area contributed by atoms with Gasteiger partial charge in [0.2, 0.25) is 0 Å². The summed E-state index contributed by atoms with van der Waals surface area (Å²) in [5, 5.41) is 0.304. The zero-order valence-electron chi connectivity index (χ0n) is 9.30. The third-order valence-electron chi connectivity index (χ3n) is 3.64. The summed E-state index contributed by atoms with van der Waals surface area (Å²) in [6.45, 7) is 0. The number of fused-ring (bicyclic) bond motifs is 1. The van der Waals surface area contributed by atoms with Crippen LogP contribution >= 0.6 is 0 Å². The fraction of sp³-hybridized carbons (Fsp3) is 0.385. The Morgan fingerprint density at radius 3 is 2.59 bits per heavy atom. The highest BCUT2D eigenvalue weighted by atomic mass is 19.1. The van der Waals surface area contributed by atoms with E-state index in [1.165, 1.54) is 12.3 Å². The zero-order valence-corrected chi connectivity index (χ0v) is 9.30. The van der Waals surface area contributed by atoms with Crippen LogP contribution in [-0.4, -0.2) is 0 Å². The normalized spacial score (nSPS) is 19.0. The molecule has 1 aliphatic carbocycles. The SMILES string of the molecule is NC1(c2c(F)cc(F)c3ccoc23)CCCC1. The van der Waals surface area contributed by atoms with Gasteiger partial charge < -0.3 is 10.2 Å². The standard InChI is InChI=1S/C13H13F2NO/c14-9-7-10(15)11(12-8(9)3-6-17-12)13(16)4-1-2-5-13/h3,6-7H,1-2,4-5,16H2. The van der Waals surface area contributed by atoms with Crippen molar-refractivity contribution in [1.82, 2.24) is 0 Å². The van der Waals surface area contributed by atoms with Crippen LogP contribution in [0.5, 0.6) is 0 Å². The molecule has 1 fully saturated rings. The van der Waals surface area contributed by atoms with Gasteiger partial charge in [-0.1, -0.05) is 12.8 Å². The molecule has 0 atom stereocenters. The van der Waals surface area contributed by atoms with E-state index >= 15 is 0 Å². The van der Waals surface area contributed by atoms with Crippen molar-refractivity contribution in [2.75, 3.05) is 0 Å². The molecule has 3 rings (SSSR count). The van der Waals surface area contributed by atoms with E-state index in [1.807, 2.05) is 0 Å². The quantitative estimate of drug-likeness (QED) is 0.825. The Morgan fingerprint density at radius 1 is 1.18 bits per heavy atom. The Balaban J connectivity index is 2.31. The minimum atomic E-state index is -0.714. The van der Waals surface area contributed by atoms with Crippen LogP contribution in [0.15, 0.2) is 22.8 Å². The van der Waals surface area contributed by atoms with E-state index < -0.39 is 17.2 Å². The van der Waals surface area contributed by atoms with Gasteiger partial charge in [0, 0.05) is 11.6 Å². The third-order valence-corrected chi connectivity index (χ3v) is 3.64. The highest BCUT2D eigenvalue weighted by Gasteiger charge is 2.37. The lowest BCUT2D eigenvalue weighted by Gasteiger charge is -2.24. The number of halogens is 2. The van der Waals surface area contributed by atoms with Crippen LogP contribution in [0.2, 0.25) is 0 Å². The molecule has 1 aromatic carbocycles. The molecule has 4 heteroatoms. The minimum absolute atomic E-state index is 0.256. The van der Waals surface area contributed by atoms with Crippen molar-refractivity contribution in [3.05, 3.63) is 35.6 Å². The molecular formula is C13H13F2NO. The smallest absolute Gasteiger partial charge is 0.144 e. The van der Waals surface area contributed by atoms with Crippen LogP contribution < -0.4 is 5.73 Å². The Bertz CT molecular complexity index is 570. The first-order chi connectivity index (χ1) is 8.12. The van der Waals surface area contributed by atoms with Crippen LogP contribution in [0.4, 0.5) is 8.78 Å². The van der Waals surface area contributed by atoms with Gasteiger partial charge in [-0.05, 0) is 18.9 Å². The average molecular weight is 237 g/mol. The summed E-state index contributed by atoms with van der Waals surface area (Å²) >= 11 is 0. The Kier molecular flexibility index (Phi) is 2.23. The molecule has 1 heterocycles. The van der Waals surface area contributed by atoms with Gasteiger partial charge in [0.1, 0.15) is 17.2 Å². The fourth-order valence-electron chi connectivity index (χ4n) is 2.78. The highest BCUT2D eigenvalue weighted by molar-refractivity contribution is 5.82. The monoisotopic (exact) mass is 237 g/mol. The van der Waals surface area contributed by atoms with Crippen molar-refractivity contribution in [3.8, 4) is 0 Å². The second-order valence-corrected chi connectivity index (χ2v) is 4.74. The van der Waals surface area contributed by atoms with E-state index in [0.29, 0.717) is 23.8 Å². The molecule has 2 aromatic rings. The molecule has 17 heavy (non-hydrogen) atoms. The fourth-order valence-corrected chi connectivity index (χ4v) is 2.78. The zero-order chi connectivity index (χ0) is 12.0. The lowest BCUT2D eigenvalue weighted by Crippen LogP contribution is -2.34. The van der Waals surface area contributed by atoms with Gasteiger partial charge in [0.25, 0.3) is 0 Å². The molecule has 0 radical (unpaired) electrons. The van der Waals surface area contributed by atoms with Gasteiger partial charge in [-0.2, -0.15) is 0 Å². The van der Waals surface area contributed by atoms with E-state index in [1.54, 1.807) is 0 Å². The summed E-state index contributed by atoms with van der Waals surface area (Å²) in [5.74, 6) is -1.20. The molecule has 0 bridgehead atoms. The Hall–Kier alpha value is -1.42. The van der Waals surface area contributed by atoms with Gasteiger partial charge in [-0.25, -0.2) is 8.78 Å². The summed E-state index contributed by atoms with van der Waals surface area (Å²) in [6, 6.07) is 2.41. The molecule has 1 aliphatic rings. The second-order valence-electron chi connectivity index (χ2n) is 4.74. The summed E-state index contributed by atoms with van der Waals surface area (Å²) < 4.78 is 32.7. The first kappa shape index (κ1) is 10.7. The van der Waals surface area contributed by atoms with Crippen molar-refractivity contribution in [3.63, 3.8) is 0 Å². The lowest BCUT2D eigenvalue weighted by molar-refractivity contribution is 0.426. The van der Waals surface area contributed by atoms with E-state index in [-0.39, 0.29) is 5.58 Å². The number of hydrogen-bond acceptors (Lipinski definition) is 2. The van der Waals surface area contributed by atoms with E-state index in [9.17, 15) is 8.78 Å². The summed E-state index contributed by atoms with van der Waals surface area (Å²) in [5.41, 5.74) is 6.11. The number of nitrogens with two attached hydrogens (primary N) is 1. The molecule has 2 N–H and O–H groups in total. The lowest BCUT2D eigenvalue weighted by atomic mass is 9.88. The largest absolute Gasteiger partial charge is 0.464 e. The predicted octanol–water partition coefficient (Wildman–Crippen LogP) is 3.44. The first-order valence-corrected chi connectivity index (χ1v) is 5.76. The third kappa shape index (κ3) is 1.47. The minimum Gasteiger partial charge on any atom is -0.464 e.